The summed E-state index contributed by atoms with van der Waals surface area (Å²) in [6.45, 7) is 1.50. The molecule has 1 aromatic carbocycles. The number of halogens is 1. The minimum absolute atomic E-state index is 0.589. The molecule has 3 aromatic rings. The Labute approximate surface area is 118 Å². The van der Waals surface area contributed by atoms with Gasteiger partial charge in [-0.25, -0.2) is 0 Å². The highest BCUT2D eigenvalue weighted by Crippen LogP contribution is 2.25. The van der Waals surface area contributed by atoms with Gasteiger partial charge in [-0.2, -0.15) is 0 Å². The second-order valence-corrected chi connectivity index (χ2v) is 6.75. The molecular formula is C14H13BrN2S. The molecule has 0 aliphatic rings. The third-order valence-corrected chi connectivity index (χ3v) is 4.69. The van der Waals surface area contributed by atoms with Crippen molar-refractivity contribution in [2.45, 2.75) is 13.1 Å². The number of benzene rings is 1. The molecule has 92 valence electrons. The van der Waals surface area contributed by atoms with Gasteiger partial charge in [0.1, 0.15) is 0 Å². The highest BCUT2D eigenvalue weighted by atomic mass is 79.9. The molecule has 0 saturated heterocycles. The third kappa shape index (κ3) is 2.11. The standard InChI is InChI=1S/C14H13BrN2S/c15-14-5-4-11(18-14)9-17-7-6-12-10(8-16)2-1-3-13(12)17/h1-7H,8-9,16H2. The van der Waals surface area contributed by atoms with Crippen LogP contribution in [0.1, 0.15) is 10.4 Å². The summed E-state index contributed by atoms with van der Waals surface area (Å²) in [6, 6.07) is 12.7. The molecule has 0 unspecified atom stereocenters. The van der Waals surface area contributed by atoms with Crippen LogP contribution in [0.5, 0.6) is 0 Å². The predicted molar refractivity (Wildman–Crippen MR) is 81.0 cm³/mol. The summed E-state index contributed by atoms with van der Waals surface area (Å²) in [5, 5.41) is 1.26. The summed E-state index contributed by atoms with van der Waals surface area (Å²) in [5.74, 6) is 0. The Morgan fingerprint density at radius 1 is 1.17 bits per heavy atom. The van der Waals surface area contributed by atoms with E-state index in [2.05, 4.69) is 63.1 Å². The number of rotatable bonds is 3. The normalized spacial score (nSPS) is 11.2. The maximum atomic E-state index is 5.77. The molecule has 4 heteroatoms. The maximum absolute atomic E-state index is 5.77. The minimum atomic E-state index is 0.589. The molecule has 0 aliphatic carbocycles. The minimum Gasteiger partial charge on any atom is -0.342 e. The number of aromatic nitrogens is 1. The Bertz CT molecular complexity index is 684. The molecule has 0 atom stereocenters. The number of thiophene rings is 1. The van der Waals surface area contributed by atoms with Crippen molar-refractivity contribution in [1.29, 1.82) is 0 Å². The van der Waals surface area contributed by atoms with Gasteiger partial charge in [0, 0.05) is 28.5 Å². The van der Waals surface area contributed by atoms with Crippen LogP contribution < -0.4 is 5.73 Å². The van der Waals surface area contributed by atoms with Gasteiger partial charge in [-0.15, -0.1) is 11.3 Å². The second kappa shape index (κ2) is 4.88. The fraction of sp³-hybridized carbons (Fsp3) is 0.143. The topological polar surface area (TPSA) is 30.9 Å². The Balaban J connectivity index is 2.02. The first-order chi connectivity index (χ1) is 8.78. The van der Waals surface area contributed by atoms with Crippen LogP contribution in [0.2, 0.25) is 0 Å². The van der Waals surface area contributed by atoms with Gasteiger partial charge in [0.25, 0.3) is 0 Å². The summed E-state index contributed by atoms with van der Waals surface area (Å²) in [5.41, 5.74) is 8.23. The van der Waals surface area contributed by atoms with Crippen molar-refractivity contribution >= 4 is 38.2 Å². The average Bonchev–Trinajstić information content (AvgIpc) is 2.97. The highest BCUT2D eigenvalue weighted by Gasteiger charge is 2.06. The van der Waals surface area contributed by atoms with E-state index in [1.54, 1.807) is 11.3 Å². The monoisotopic (exact) mass is 320 g/mol. The summed E-state index contributed by atoms with van der Waals surface area (Å²) < 4.78 is 3.45. The van der Waals surface area contributed by atoms with Crippen LogP contribution in [0.25, 0.3) is 10.9 Å². The van der Waals surface area contributed by atoms with Crippen molar-refractivity contribution in [2.24, 2.45) is 5.73 Å². The summed E-state index contributed by atoms with van der Waals surface area (Å²) >= 11 is 5.28. The molecular weight excluding hydrogens is 308 g/mol. The van der Waals surface area contributed by atoms with Gasteiger partial charge in [-0.05, 0) is 45.8 Å². The first-order valence-corrected chi connectivity index (χ1v) is 7.40. The lowest BCUT2D eigenvalue weighted by molar-refractivity contribution is 0.851. The molecule has 2 heterocycles. The van der Waals surface area contributed by atoms with Crippen LogP contribution >= 0.6 is 27.3 Å². The van der Waals surface area contributed by atoms with Gasteiger partial charge < -0.3 is 10.3 Å². The lowest BCUT2D eigenvalue weighted by Gasteiger charge is -2.05. The quantitative estimate of drug-likeness (QED) is 0.777. The molecule has 0 amide bonds. The number of fused-ring (bicyclic) bond motifs is 1. The van der Waals surface area contributed by atoms with Crippen molar-refractivity contribution in [1.82, 2.24) is 4.57 Å². The molecule has 0 saturated carbocycles. The molecule has 2 nitrogen and oxygen atoms in total. The van der Waals surface area contributed by atoms with Gasteiger partial charge >= 0.3 is 0 Å². The zero-order valence-electron chi connectivity index (χ0n) is 9.77. The van der Waals surface area contributed by atoms with Crippen LogP contribution in [-0.2, 0) is 13.1 Å². The summed E-state index contributed by atoms with van der Waals surface area (Å²) in [6.07, 6.45) is 2.14. The van der Waals surface area contributed by atoms with Crippen LogP contribution in [0, 0.1) is 0 Å². The SMILES string of the molecule is NCc1cccc2c1ccn2Cc1ccc(Br)s1. The van der Waals surface area contributed by atoms with E-state index >= 15 is 0 Å². The van der Waals surface area contributed by atoms with Crippen LogP contribution in [0.15, 0.2) is 46.4 Å². The Kier molecular flexibility index (Phi) is 3.24. The van der Waals surface area contributed by atoms with Gasteiger partial charge in [0.15, 0.2) is 0 Å². The van der Waals surface area contributed by atoms with Gasteiger partial charge in [0.2, 0.25) is 0 Å². The predicted octanol–water partition coefficient (Wildman–Crippen LogP) is 3.97. The van der Waals surface area contributed by atoms with Crippen molar-refractivity contribution in [3.8, 4) is 0 Å². The molecule has 0 aliphatic heterocycles. The van der Waals surface area contributed by atoms with E-state index in [4.69, 9.17) is 5.73 Å². The Morgan fingerprint density at radius 2 is 2.06 bits per heavy atom. The van der Waals surface area contributed by atoms with E-state index < -0.39 is 0 Å². The number of nitrogens with two attached hydrogens (primary N) is 1. The van der Waals surface area contributed by atoms with Crippen LogP contribution in [0.3, 0.4) is 0 Å². The zero-order valence-corrected chi connectivity index (χ0v) is 12.2. The molecule has 3 rings (SSSR count). The fourth-order valence-corrected chi connectivity index (χ4v) is 3.69. The van der Waals surface area contributed by atoms with E-state index in [-0.39, 0.29) is 0 Å². The molecule has 0 radical (unpaired) electrons. The fourth-order valence-electron chi connectivity index (χ4n) is 2.21. The van der Waals surface area contributed by atoms with Gasteiger partial charge in [-0.3, -0.25) is 0 Å². The summed E-state index contributed by atoms with van der Waals surface area (Å²) in [7, 11) is 0. The van der Waals surface area contributed by atoms with E-state index in [1.807, 2.05) is 0 Å². The molecule has 18 heavy (non-hydrogen) atoms. The van der Waals surface area contributed by atoms with E-state index in [0.29, 0.717) is 6.54 Å². The highest BCUT2D eigenvalue weighted by molar-refractivity contribution is 9.11. The zero-order chi connectivity index (χ0) is 12.5. The number of hydrogen-bond acceptors (Lipinski definition) is 2. The van der Waals surface area contributed by atoms with Gasteiger partial charge in [-0.1, -0.05) is 12.1 Å². The van der Waals surface area contributed by atoms with E-state index in [1.165, 1.54) is 25.1 Å². The van der Waals surface area contributed by atoms with Gasteiger partial charge in [0.05, 0.1) is 10.3 Å². The first-order valence-electron chi connectivity index (χ1n) is 5.79. The van der Waals surface area contributed by atoms with Crippen molar-refractivity contribution < 1.29 is 0 Å². The van der Waals surface area contributed by atoms with Crippen LogP contribution in [0.4, 0.5) is 0 Å². The third-order valence-electron chi connectivity index (χ3n) is 3.08. The molecule has 2 aromatic heterocycles. The molecule has 0 fully saturated rings. The first kappa shape index (κ1) is 12.0. The van der Waals surface area contributed by atoms with Crippen molar-refractivity contribution in [3.63, 3.8) is 0 Å². The Morgan fingerprint density at radius 3 is 2.78 bits per heavy atom. The van der Waals surface area contributed by atoms with E-state index in [0.717, 1.165) is 6.54 Å². The van der Waals surface area contributed by atoms with E-state index in [9.17, 15) is 0 Å². The van der Waals surface area contributed by atoms with Crippen molar-refractivity contribution in [3.05, 3.63) is 56.8 Å². The van der Waals surface area contributed by atoms with Crippen molar-refractivity contribution in [2.75, 3.05) is 0 Å². The second-order valence-electron chi connectivity index (χ2n) is 4.20. The largest absolute Gasteiger partial charge is 0.342 e. The molecule has 0 spiro atoms. The number of hydrogen-bond donors (Lipinski definition) is 1. The Hall–Kier alpha value is -1.10. The van der Waals surface area contributed by atoms with Crippen LogP contribution in [-0.4, -0.2) is 4.57 Å². The lowest BCUT2D eigenvalue weighted by atomic mass is 10.1. The lowest BCUT2D eigenvalue weighted by Crippen LogP contribution is -1.98. The summed E-state index contributed by atoms with van der Waals surface area (Å²) in [4.78, 5) is 1.34. The maximum Gasteiger partial charge on any atom is 0.0702 e. The molecule has 2 N–H and O–H groups in total. The average molecular weight is 321 g/mol. The smallest absolute Gasteiger partial charge is 0.0702 e. The molecule has 0 bridgehead atoms. The number of nitrogens with zero attached hydrogens (tertiary/aromatic N) is 1.